The second-order valence-electron chi connectivity index (χ2n) is 7.48. The summed E-state index contributed by atoms with van der Waals surface area (Å²) in [7, 11) is 3.33. The fraction of sp³-hybridized carbons (Fsp3) is 0.375. The average Bonchev–Trinajstić information content (AvgIpc) is 2.83. The first-order valence-corrected chi connectivity index (χ1v) is 10.7. The Labute approximate surface area is 187 Å². The number of nitrogens with one attached hydrogen (secondary N) is 1. The number of anilines is 1. The van der Waals surface area contributed by atoms with Crippen molar-refractivity contribution in [2.24, 2.45) is 0 Å². The molecule has 32 heavy (non-hydrogen) atoms. The van der Waals surface area contributed by atoms with Gasteiger partial charge >= 0.3 is 0 Å². The van der Waals surface area contributed by atoms with E-state index in [2.05, 4.69) is 15.2 Å². The summed E-state index contributed by atoms with van der Waals surface area (Å²) in [6.07, 6.45) is 2.53. The van der Waals surface area contributed by atoms with Crippen molar-refractivity contribution in [1.82, 2.24) is 9.88 Å². The van der Waals surface area contributed by atoms with Crippen molar-refractivity contribution >= 4 is 16.6 Å². The van der Waals surface area contributed by atoms with Crippen molar-refractivity contribution in [3.05, 3.63) is 48.4 Å². The molecule has 7 nitrogen and oxygen atoms in total. The summed E-state index contributed by atoms with van der Waals surface area (Å²) in [6, 6.07) is 10.1. The number of pyridine rings is 1. The summed E-state index contributed by atoms with van der Waals surface area (Å²) in [5, 5.41) is 3.62. The third-order valence-corrected chi connectivity index (χ3v) is 5.41. The molecule has 0 unspecified atom stereocenters. The summed E-state index contributed by atoms with van der Waals surface area (Å²) in [4.78, 5) is 6.80. The zero-order chi connectivity index (χ0) is 22.3. The van der Waals surface area contributed by atoms with E-state index in [0.29, 0.717) is 40.4 Å². The van der Waals surface area contributed by atoms with Crippen LogP contribution in [-0.2, 0) is 4.74 Å². The quantitative estimate of drug-likeness (QED) is 0.496. The lowest BCUT2D eigenvalue weighted by Gasteiger charge is -2.26. The number of rotatable bonds is 9. The molecule has 3 aromatic rings. The zero-order valence-corrected chi connectivity index (χ0v) is 18.4. The van der Waals surface area contributed by atoms with E-state index in [9.17, 15) is 4.39 Å². The van der Waals surface area contributed by atoms with E-state index in [1.165, 1.54) is 6.07 Å². The molecule has 0 atom stereocenters. The number of morpholine rings is 1. The molecule has 0 amide bonds. The minimum absolute atomic E-state index is 0.138. The lowest BCUT2D eigenvalue weighted by atomic mass is 10.1. The number of hydrogen-bond acceptors (Lipinski definition) is 7. The molecular formula is C24H28FN3O4. The highest BCUT2D eigenvalue weighted by molar-refractivity contribution is 5.88. The molecule has 170 valence electrons. The highest BCUT2D eigenvalue weighted by Crippen LogP contribution is 2.37. The van der Waals surface area contributed by atoms with E-state index < -0.39 is 5.82 Å². The Hall–Kier alpha value is -3.10. The molecule has 1 saturated heterocycles. The van der Waals surface area contributed by atoms with Crippen molar-refractivity contribution in [2.45, 2.75) is 6.42 Å². The number of benzene rings is 2. The van der Waals surface area contributed by atoms with Crippen LogP contribution >= 0.6 is 0 Å². The monoisotopic (exact) mass is 441 g/mol. The van der Waals surface area contributed by atoms with Gasteiger partial charge in [-0.2, -0.15) is 0 Å². The normalized spacial score (nSPS) is 14.3. The lowest BCUT2D eigenvalue weighted by molar-refractivity contribution is 0.0357. The molecule has 0 spiro atoms. The number of nitrogens with zero attached hydrogens (tertiary/aromatic N) is 2. The topological polar surface area (TPSA) is 65.1 Å². The summed E-state index contributed by atoms with van der Waals surface area (Å²) >= 11 is 0. The van der Waals surface area contributed by atoms with Crippen LogP contribution in [-0.4, -0.2) is 63.5 Å². The average molecular weight is 442 g/mol. The Kier molecular flexibility index (Phi) is 7.24. The van der Waals surface area contributed by atoms with Crippen LogP contribution in [0, 0.1) is 5.82 Å². The number of aromatic nitrogens is 1. The second-order valence-corrected chi connectivity index (χ2v) is 7.48. The number of hydrogen-bond donors (Lipinski definition) is 1. The Balaban J connectivity index is 1.49. The van der Waals surface area contributed by atoms with Gasteiger partial charge in [0.25, 0.3) is 0 Å². The minimum Gasteiger partial charge on any atom is -0.493 e. The van der Waals surface area contributed by atoms with Gasteiger partial charge < -0.3 is 24.3 Å². The maximum Gasteiger partial charge on any atom is 0.167 e. The van der Waals surface area contributed by atoms with Gasteiger partial charge in [0.15, 0.2) is 23.1 Å². The highest BCUT2D eigenvalue weighted by atomic mass is 19.1. The summed E-state index contributed by atoms with van der Waals surface area (Å²) < 4.78 is 37.2. The van der Waals surface area contributed by atoms with Crippen molar-refractivity contribution in [1.29, 1.82) is 0 Å². The molecule has 0 aliphatic carbocycles. The van der Waals surface area contributed by atoms with Gasteiger partial charge in [0, 0.05) is 56.1 Å². The maximum atomic E-state index is 14.4. The van der Waals surface area contributed by atoms with E-state index in [1.807, 2.05) is 12.1 Å². The van der Waals surface area contributed by atoms with Crippen LogP contribution in [0.25, 0.3) is 10.9 Å². The first kappa shape index (κ1) is 22.1. The molecule has 1 aliphatic heterocycles. The van der Waals surface area contributed by atoms with Gasteiger partial charge in [-0.15, -0.1) is 0 Å². The summed E-state index contributed by atoms with van der Waals surface area (Å²) in [5.41, 5.74) is 1.35. The molecule has 0 radical (unpaired) electrons. The lowest BCUT2D eigenvalue weighted by Crippen LogP contribution is -2.37. The zero-order valence-electron chi connectivity index (χ0n) is 18.4. The van der Waals surface area contributed by atoms with E-state index in [0.717, 1.165) is 39.3 Å². The predicted octanol–water partition coefficient (Wildman–Crippen LogP) is 4.32. The Morgan fingerprint density at radius 1 is 1.06 bits per heavy atom. The summed E-state index contributed by atoms with van der Waals surface area (Å²) in [5.74, 6) is 1.38. The van der Waals surface area contributed by atoms with Crippen molar-refractivity contribution in [3.8, 4) is 23.0 Å². The predicted molar refractivity (Wildman–Crippen MR) is 122 cm³/mol. The smallest absolute Gasteiger partial charge is 0.167 e. The van der Waals surface area contributed by atoms with Crippen molar-refractivity contribution in [3.63, 3.8) is 0 Å². The minimum atomic E-state index is -0.450. The van der Waals surface area contributed by atoms with Crippen LogP contribution in [0.4, 0.5) is 10.1 Å². The summed E-state index contributed by atoms with van der Waals surface area (Å²) in [6.45, 7) is 5.04. The van der Waals surface area contributed by atoms with Gasteiger partial charge in [0.2, 0.25) is 0 Å². The van der Waals surface area contributed by atoms with E-state index in [-0.39, 0.29) is 5.75 Å². The van der Waals surface area contributed by atoms with Crippen molar-refractivity contribution < 1.29 is 23.3 Å². The van der Waals surface area contributed by atoms with Crippen LogP contribution in [0.5, 0.6) is 23.0 Å². The van der Waals surface area contributed by atoms with Crippen molar-refractivity contribution in [2.75, 3.05) is 58.9 Å². The SMILES string of the molecule is CNc1ccc(Oc2ccnc3cc(OCCCN4CCOCC4)c(OC)cc23)c(F)c1. The van der Waals surface area contributed by atoms with Gasteiger partial charge in [-0.25, -0.2) is 4.39 Å². The molecule has 8 heteroatoms. The van der Waals surface area contributed by atoms with Crippen LogP contribution < -0.4 is 19.5 Å². The molecule has 1 N–H and O–H groups in total. The van der Waals surface area contributed by atoms with Crippen LogP contribution in [0.2, 0.25) is 0 Å². The Bertz CT molecular complexity index is 1060. The molecular weight excluding hydrogens is 413 g/mol. The first-order chi connectivity index (χ1) is 15.7. The van der Waals surface area contributed by atoms with Crippen LogP contribution in [0.1, 0.15) is 6.42 Å². The molecule has 0 saturated carbocycles. The van der Waals surface area contributed by atoms with Gasteiger partial charge in [-0.1, -0.05) is 0 Å². The molecule has 0 bridgehead atoms. The fourth-order valence-corrected chi connectivity index (χ4v) is 3.64. The van der Waals surface area contributed by atoms with Gasteiger partial charge in [0.05, 0.1) is 32.4 Å². The van der Waals surface area contributed by atoms with E-state index in [4.69, 9.17) is 18.9 Å². The Morgan fingerprint density at radius 3 is 2.66 bits per heavy atom. The second kappa shape index (κ2) is 10.5. The molecule has 2 heterocycles. The van der Waals surface area contributed by atoms with Gasteiger partial charge in [-0.05, 0) is 30.7 Å². The molecule has 1 aliphatic rings. The largest absolute Gasteiger partial charge is 0.493 e. The molecule has 2 aromatic carbocycles. The van der Waals surface area contributed by atoms with Gasteiger partial charge in [-0.3, -0.25) is 9.88 Å². The maximum absolute atomic E-state index is 14.4. The third kappa shape index (κ3) is 5.20. The third-order valence-electron chi connectivity index (χ3n) is 5.41. The number of ether oxygens (including phenoxy) is 4. The standard InChI is InChI=1S/C24H28FN3O4/c1-26-17-4-5-22(19(25)14-17)32-21-6-7-27-20-16-24(23(29-2)15-18(20)21)31-11-3-8-28-9-12-30-13-10-28/h4-7,14-16,26H,3,8-13H2,1-2H3. The first-order valence-electron chi connectivity index (χ1n) is 10.7. The van der Waals surface area contributed by atoms with Crippen LogP contribution in [0.15, 0.2) is 42.6 Å². The van der Waals surface area contributed by atoms with E-state index >= 15 is 0 Å². The van der Waals surface area contributed by atoms with Gasteiger partial charge in [0.1, 0.15) is 5.75 Å². The highest BCUT2D eigenvalue weighted by Gasteiger charge is 2.14. The number of methoxy groups -OCH3 is 1. The Morgan fingerprint density at radius 2 is 1.91 bits per heavy atom. The molecule has 4 rings (SSSR count). The molecule has 1 aromatic heterocycles. The number of halogens is 1. The number of fused-ring (bicyclic) bond motifs is 1. The van der Waals surface area contributed by atoms with E-state index in [1.54, 1.807) is 38.6 Å². The molecule has 1 fully saturated rings. The van der Waals surface area contributed by atoms with Crippen LogP contribution in [0.3, 0.4) is 0 Å². The fourth-order valence-electron chi connectivity index (χ4n) is 3.64.